The Morgan fingerprint density at radius 3 is 2.60 bits per heavy atom. The Balaban J connectivity index is 1.60. The molecule has 1 aliphatic carbocycles. The van der Waals surface area contributed by atoms with Crippen LogP contribution >= 0.6 is 0 Å². The van der Waals surface area contributed by atoms with Crippen molar-refractivity contribution in [3.63, 3.8) is 0 Å². The zero-order chi connectivity index (χ0) is 14.0. The lowest BCUT2D eigenvalue weighted by atomic mass is 9.88. The lowest BCUT2D eigenvalue weighted by Crippen LogP contribution is -2.46. The molecule has 2 unspecified atom stereocenters. The van der Waals surface area contributed by atoms with Crippen LogP contribution in [-0.4, -0.2) is 18.2 Å². The molecule has 1 N–H and O–H groups in total. The monoisotopic (exact) mass is 273 g/mol. The van der Waals surface area contributed by atoms with Crippen LogP contribution in [0.5, 0.6) is 0 Å². The fourth-order valence-electron chi connectivity index (χ4n) is 3.84. The van der Waals surface area contributed by atoms with Crippen molar-refractivity contribution in [1.29, 1.82) is 0 Å². The number of rotatable bonds is 3. The lowest BCUT2D eigenvalue weighted by Gasteiger charge is -2.39. The van der Waals surface area contributed by atoms with Gasteiger partial charge in [-0.1, -0.05) is 42.7 Å². The highest BCUT2D eigenvalue weighted by atomic mass is 16.5. The molecule has 1 heterocycles. The summed E-state index contributed by atoms with van der Waals surface area (Å²) in [7, 11) is 0. The molecular weight excluding hydrogens is 246 g/mol. The van der Waals surface area contributed by atoms with Gasteiger partial charge in [0.15, 0.2) is 0 Å². The summed E-state index contributed by atoms with van der Waals surface area (Å²) in [4.78, 5) is 0. The second-order valence-electron chi connectivity index (χ2n) is 6.73. The van der Waals surface area contributed by atoms with Crippen molar-refractivity contribution in [2.24, 2.45) is 0 Å². The normalized spacial score (nSPS) is 26.8. The van der Waals surface area contributed by atoms with Crippen LogP contribution in [0.4, 0.5) is 0 Å². The Morgan fingerprint density at radius 1 is 1.20 bits per heavy atom. The molecule has 3 rings (SSSR count). The molecule has 1 saturated heterocycles. The van der Waals surface area contributed by atoms with Crippen molar-refractivity contribution >= 4 is 0 Å². The van der Waals surface area contributed by atoms with Gasteiger partial charge in [-0.3, -0.25) is 0 Å². The minimum Gasteiger partial charge on any atom is -0.375 e. The minimum absolute atomic E-state index is 0.211. The maximum Gasteiger partial charge on any atom is 0.0697 e. The van der Waals surface area contributed by atoms with Crippen LogP contribution in [0, 0.1) is 6.92 Å². The quantitative estimate of drug-likeness (QED) is 0.893. The topological polar surface area (TPSA) is 21.3 Å². The van der Waals surface area contributed by atoms with Gasteiger partial charge in [0, 0.05) is 18.7 Å². The van der Waals surface area contributed by atoms with Gasteiger partial charge in [-0.2, -0.15) is 0 Å². The van der Waals surface area contributed by atoms with Crippen LogP contribution < -0.4 is 5.32 Å². The molecule has 1 saturated carbocycles. The second-order valence-corrected chi connectivity index (χ2v) is 6.73. The number of nitrogens with one attached hydrogen (secondary N) is 1. The number of ether oxygens (including phenoxy) is 1. The van der Waals surface area contributed by atoms with Crippen molar-refractivity contribution in [2.75, 3.05) is 6.61 Å². The molecule has 0 radical (unpaired) electrons. The third kappa shape index (κ3) is 3.07. The molecule has 0 aromatic heterocycles. The first-order valence-electron chi connectivity index (χ1n) is 8.13. The summed E-state index contributed by atoms with van der Waals surface area (Å²) in [6, 6.07) is 9.94. The van der Waals surface area contributed by atoms with Gasteiger partial charge in [-0.05, 0) is 45.1 Å². The maximum absolute atomic E-state index is 6.12. The largest absolute Gasteiger partial charge is 0.375 e. The number of hydrogen-bond acceptors (Lipinski definition) is 2. The Kier molecular flexibility index (Phi) is 4.13. The van der Waals surface area contributed by atoms with Crippen LogP contribution in [0.15, 0.2) is 24.3 Å². The van der Waals surface area contributed by atoms with Crippen LogP contribution in [0.2, 0.25) is 0 Å². The highest BCUT2D eigenvalue weighted by Crippen LogP contribution is 2.40. The Labute approximate surface area is 122 Å². The van der Waals surface area contributed by atoms with Crippen LogP contribution in [0.1, 0.15) is 62.6 Å². The van der Waals surface area contributed by atoms with Crippen molar-refractivity contribution in [1.82, 2.24) is 5.32 Å². The molecule has 2 heteroatoms. The maximum atomic E-state index is 6.12. The molecule has 2 nitrogen and oxygen atoms in total. The second kappa shape index (κ2) is 5.87. The number of aryl methyl sites for hydroxylation is 1. The summed E-state index contributed by atoms with van der Waals surface area (Å²) < 4.78 is 6.12. The van der Waals surface area contributed by atoms with E-state index in [1.807, 2.05) is 0 Å². The fraction of sp³-hybridized carbons (Fsp3) is 0.667. The molecule has 0 bridgehead atoms. The van der Waals surface area contributed by atoms with E-state index in [9.17, 15) is 0 Å². The molecule has 2 atom stereocenters. The van der Waals surface area contributed by atoms with Gasteiger partial charge < -0.3 is 10.1 Å². The molecule has 1 aliphatic heterocycles. The van der Waals surface area contributed by atoms with E-state index in [2.05, 4.69) is 43.4 Å². The molecule has 2 aliphatic rings. The van der Waals surface area contributed by atoms with Gasteiger partial charge in [0.1, 0.15) is 0 Å². The summed E-state index contributed by atoms with van der Waals surface area (Å²) in [6.45, 7) is 5.35. The Morgan fingerprint density at radius 2 is 1.90 bits per heavy atom. The minimum atomic E-state index is 0.211. The van der Waals surface area contributed by atoms with E-state index in [0.717, 1.165) is 13.0 Å². The fourth-order valence-corrected chi connectivity index (χ4v) is 3.84. The molecule has 110 valence electrons. The summed E-state index contributed by atoms with van der Waals surface area (Å²) in [5, 5.41) is 3.83. The molecule has 1 spiro atoms. The Hall–Kier alpha value is -0.860. The lowest BCUT2D eigenvalue weighted by molar-refractivity contribution is -0.0846. The number of hydrogen-bond donors (Lipinski definition) is 1. The third-order valence-electron chi connectivity index (χ3n) is 5.07. The van der Waals surface area contributed by atoms with E-state index in [1.54, 1.807) is 0 Å². The van der Waals surface area contributed by atoms with E-state index in [1.165, 1.54) is 43.2 Å². The van der Waals surface area contributed by atoms with Crippen LogP contribution in [-0.2, 0) is 4.74 Å². The summed E-state index contributed by atoms with van der Waals surface area (Å²) in [6.07, 6.45) is 7.58. The summed E-state index contributed by atoms with van der Waals surface area (Å²) in [5.41, 5.74) is 2.93. The molecule has 20 heavy (non-hydrogen) atoms. The van der Waals surface area contributed by atoms with Crippen LogP contribution in [0.25, 0.3) is 0 Å². The molecule has 1 aromatic carbocycles. The highest BCUT2D eigenvalue weighted by molar-refractivity contribution is 5.23. The van der Waals surface area contributed by atoms with E-state index >= 15 is 0 Å². The average Bonchev–Trinajstić information content (AvgIpc) is 2.87. The number of benzene rings is 1. The first-order chi connectivity index (χ1) is 9.67. The third-order valence-corrected chi connectivity index (χ3v) is 5.07. The molecular formula is C18H27NO. The predicted molar refractivity (Wildman–Crippen MR) is 82.9 cm³/mol. The van der Waals surface area contributed by atoms with Gasteiger partial charge >= 0.3 is 0 Å². The van der Waals surface area contributed by atoms with Crippen molar-refractivity contribution in [3.8, 4) is 0 Å². The molecule has 2 fully saturated rings. The van der Waals surface area contributed by atoms with E-state index in [-0.39, 0.29) is 5.60 Å². The SMILES string of the molecule is Cc1ccc(C(C)NC2CCOC3(CCCC3)C2)cc1. The Bertz CT molecular complexity index is 433. The first kappa shape index (κ1) is 14.1. The van der Waals surface area contributed by atoms with Crippen molar-refractivity contribution < 1.29 is 4.74 Å². The summed E-state index contributed by atoms with van der Waals surface area (Å²) in [5.74, 6) is 0. The van der Waals surface area contributed by atoms with Gasteiger partial charge in [-0.15, -0.1) is 0 Å². The smallest absolute Gasteiger partial charge is 0.0697 e. The van der Waals surface area contributed by atoms with E-state index < -0.39 is 0 Å². The van der Waals surface area contributed by atoms with Gasteiger partial charge in [0.25, 0.3) is 0 Å². The zero-order valence-electron chi connectivity index (χ0n) is 12.8. The summed E-state index contributed by atoms with van der Waals surface area (Å²) >= 11 is 0. The van der Waals surface area contributed by atoms with Crippen LogP contribution in [0.3, 0.4) is 0 Å². The standard InChI is InChI=1S/C18H27NO/c1-14-5-7-16(8-6-14)15(2)19-17-9-12-20-18(13-17)10-3-4-11-18/h5-8,15,17,19H,3-4,9-13H2,1-2H3. The average molecular weight is 273 g/mol. The van der Waals surface area contributed by atoms with Crippen molar-refractivity contribution in [2.45, 2.75) is 70.1 Å². The molecule has 0 amide bonds. The van der Waals surface area contributed by atoms with Gasteiger partial charge in [0.2, 0.25) is 0 Å². The van der Waals surface area contributed by atoms with Crippen molar-refractivity contribution in [3.05, 3.63) is 35.4 Å². The van der Waals surface area contributed by atoms with E-state index in [4.69, 9.17) is 4.74 Å². The van der Waals surface area contributed by atoms with Gasteiger partial charge in [-0.25, -0.2) is 0 Å². The highest BCUT2D eigenvalue weighted by Gasteiger charge is 2.40. The molecule has 1 aromatic rings. The predicted octanol–water partition coefficient (Wildman–Crippen LogP) is 4.14. The zero-order valence-corrected chi connectivity index (χ0v) is 12.8. The first-order valence-corrected chi connectivity index (χ1v) is 8.13. The van der Waals surface area contributed by atoms with E-state index in [0.29, 0.717) is 12.1 Å². The van der Waals surface area contributed by atoms with Gasteiger partial charge in [0.05, 0.1) is 5.60 Å².